The van der Waals surface area contributed by atoms with Crippen LogP contribution in [0.4, 0.5) is 0 Å². The first-order valence-electron chi connectivity index (χ1n) is 5.54. The molecule has 1 saturated carbocycles. The third-order valence-electron chi connectivity index (χ3n) is 2.83. The van der Waals surface area contributed by atoms with Crippen LogP contribution < -0.4 is 0 Å². The Balaban J connectivity index is 2.68. The number of quaternary nitrogens is 1. The average molecular weight is 242 g/mol. The second kappa shape index (κ2) is 4.49. The summed E-state index contributed by atoms with van der Waals surface area (Å²) in [7, 11) is 5.98. The van der Waals surface area contributed by atoms with Gasteiger partial charge in [-0.25, -0.2) is 4.79 Å². The predicted molar refractivity (Wildman–Crippen MR) is 62.3 cm³/mol. The molecule has 0 aliphatic heterocycles. The molecule has 1 aliphatic carbocycles. The van der Waals surface area contributed by atoms with Gasteiger partial charge in [0.15, 0.2) is 0 Å². The molecule has 5 nitrogen and oxygen atoms in total. The molecule has 0 amide bonds. The second-order valence-electron chi connectivity index (χ2n) is 5.72. The van der Waals surface area contributed by atoms with Crippen LogP contribution in [0.5, 0.6) is 0 Å². The second-order valence-corrected chi connectivity index (χ2v) is 5.72. The molecule has 0 aromatic carbocycles. The Morgan fingerprint density at radius 2 is 2.12 bits per heavy atom. The highest BCUT2D eigenvalue weighted by molar-refractivity contribution is 5.81. The monoisotopic (exact) mass is 242 g/mol. The van der Waals surface area contributed by atoms with Gasteiger partial charge in [-0.1, -0.05) is 6.58 Å². The van der Waals surface area contributed by atoms with Crippen LogP contribution in [0.3, 0.4) is 0 Å². The third kappa shape index (κ3) is 3.85. The maximum absolute atomic E-state index is 11.1. The van der Waals surface area contributed by atoms with Crippen LogP contribution in [0.1, 0.15) is 12.8 Å². The molecule has 2 atom stereocenters. The number of carboxylic acids is 1. The van der Waals surface area contributed by atoms with E-state index in [2.05, 4.69) is 6.58 Å². The molecule has 0 saturated heterocycles. The largest absolute Gasteiger partial charge is 0.481 e. The summed E-state index contributed by atoms with van der Waals surface area (Å²) in [5.74, 6) is -1.33. The minimum absolute atomic E-state index is 0.0393. The number of esters is 1. The Kier molecular flexibility index (Phi) is 3.62. The number of hydrogen-bond donors (Lipinski definition) is 1. The van der Waals surface area contributed by atoms with E-state index in [1.165, 1.54) is 0 Å². The van der Waals surface area contributed by atoms with Crippen molar-refractivity contribution in [3.8, 4) is 0 Å². The number of hydrogen-bond acceptors (Lipinski definition) is 3. The molecule has 2 unspecified atom stereocenters. The summed E-state index contributed by atoms with van der Waals surface area (Å²) in [5, 5.41) is 8.93. The lowest BCUT2D eigenvalue weighted by molar-refractivity contribution is -0.875. The number of carboxylic acid groups (broad SMARTS) is 1. The normalized spacial score (nSPS) is 27.4. The van der Waals surface area contributed by atoms with Gasteiger partial charge in [0.2, 0.25) is 0 Å². The quantitative estimate of drug-likeness (QED) is 0.422. The van der Waals surface area contributed by atoms with Crippen molar-refractivity contribution in [2.75, 3.05) is 27.7 Å². The number of nitrogens with zero attached hydrogens (tertiary/aromatic N) is 1. The van der Waals surface area contributed by atoms with Gasteiger partial charge < -0.3 is 14.3 Å². The number of rotatable bonds is 6. The van der Waals surface area contributed by atoms with E-state index in [4.69, 9.17) is 9.84 Å². The summed E-state index contributed by atoms with van der Waals surface area (Å²) >= 11 is 0. The molecule has 1 N–H and O–H groups in total. The van der Waals surface area contributed by atoms with E-state index in [-0.39, 0.29) is 12.5 Å². The van der Waals surface area contributed by atoms with Gasteiger partial charge in [-0.15, -0.1) is 0 Å². The van der Waals surface area contributed by atoms with Crippen LogP contribution in [-0.2, 0) is 14.3 Å². The highest BCUT2D eigenvalue weighted by Gasteiger charge is 2.61. The summed E-state index contributed by atoms with van der Waals surface area (Å²) in [6.07, 6.45) is 1.48. The highest BCUT2D eigenvalue weighted by Crippen LogP contribution is 2.52. The zero-order valence-electron chi connectivity index (χ0n) is 10.6. The molecule has 0 aromatic rings. The molecular formula is C12H20NO4+. The lowest BCUT2D eigenvalue weighted by atomic mass is 10.0. The summed E-state index contributed by atoms with van der Waals surface area (Å²) in [6, 6.07) is 0. The van der Waals surface area contributed by atoms with Gasteiger partial charge in [-0.05, 0) is 0 Å². The maximum Gasteiger partial charge on any atom is 0.330 e. The highest BCUT2D eigenvalue weighted by atomic mass is 16.5. The molecule has 0 aromatic heterocycles. The summed E-state index contributed by atoms with van der Waals surface area (Å²) < 4.78 is 5.79. The van der Waals surface area contributed by atoms with Crippen molar-refractivity contribution in [2.45, 2.75) is 18.9 Å². The van der Waals surface area contributed by atoms with Crippen molar-refractivity contribution in [1.29, 1.82) is 0 Å². The van der Waals surface area contributed by atoms with Crippen LogP contribution >= 0.6 is 0 Å². The fraction of sp³-hybridized carbons (Fsp3) is 0.667. The van der Waals surface area contributed by atoms with E-state index in [1.807, 2.05) is 21.1 Å². The predicted octanol–water partition coefficient (Wildman–Crippen LogP) is 0.655. The van der Waals surface area contributed by atoms with E-state index in [1.54, 1.807) is 0 Å². The van der Waals surface area contributed by atoms with Crippen LogP contribution in [0.25, 0.3) is 0 Å². The summed E-state index contributed by atoms with van der Waals surface area (Å²) in [4.78, 5) is 22.0. The summed E-state index contributed by atoms with van der Waals surface area (Å²) in [6.45, 7) is 4.00. The van der Waals surface area contributed by atoms with Crippen molar-refractivity contribution in [1.82, 2.24) is 0 Å². The Bertz CT molecular complexity index is 345. The Morgan fingerprint density at radius 3 is 2.53 bits per heavy atom. The van der Waals surface area contributed by atoms with E-state index >= 15 is 0 Å². The minimum Gasteiger partial charge on any atom is -0.481 e. The first-order chi connectivity index (χ1) is 7.68. The van der Waals surface area contributed by atoms with E-state index in [9.17, 15) is 9.59 Å². The van der Waals surface area contributed by atoms with Crippen molar-refractivity contribution < 1.29 is 23.9 Å². The molecule has 5 heteroatoms. The van der Waals surface area contributed by atoms with E-state index in [0.717, 1.165) is 6.08 Å². The number of aliphatic carboxylic acids is 1. The molecule has 0 heterocycles. The standard InChI is InChI=1S/C12H19NO4/c1-5-11(16)17-9-6-12(9,7-10(14)15)8-13(2,3)4/h5,9H,1,6-8H2,2-4H3/p+1. The molecule has 0 spiro atoms. The van der Waals surface area contributed by atoms with E-state index in [0.29, 0.717) is 17.4 Å². The first kappa shape index (κ1) is 13.7. The maximum atomic E-state index is 11.1. The fourth-order valence-corrected chi connectivity index (χ4v) is 2.32. The Morgan fingerprint density at radius 1 is 1.53 bits per heavy atom. The Hall–Kier alpha value is -1.36. The Labute approximate surface area is 101 Å². The van der Waals surface area contributed by atoms with Crippen molar-refractivity contribution >= 4 is 11.9 Å². The van der Waals surface area contributed by atoms with Crippen LogP contribution in [0.15, 0.2) is 12.7 Å². The number of carbonyl (C=O) groups excluding carboxylic acids is 1. The fourth-order valence-electron chi connectivity index (χ4n) is 2.32. The van der Waals surface area contributed by atoms with Crippen LogP contribution in [0.2, 0.25) is 0 Å². The van der Waals surface area contributed by atoms with Crippen LogP contribution in [-0.4, -0.2) is 55.3 Å². The zero-order valence-corrected chi connectivity index (χ0v) is 10.6. The van der Waals surface area contributed by atoms with Gasteiger partial charge in [-0.2, -0.15) is 0 Å². The molecule has 96 valence electrons. The summed E-state index contributed by atoms with van der Waals surface area (Å²) in [5.41, 5.74) is -0.414. The van der Waals surface area contributed by atoms with Crippen LogP contribution in [0, 0.1) is 5.41 Å². The van der Waals surface area contributed by atoms with Gasteiger partial charge in [0.1, 0.15) is 6.10 Å². The average Bonchev–Trinajstić information content (AvgIpc) is 2.72. The number of ether oxygens (including phenoxy) is 1. The van der Waals surface area contributed by atoms with Gasteiger partial charge in [0.25, 0.3) is 0 Å². The van der Waals surface area contributed by atoms with Gasteiger partial charge in [0, 0.05) is 12.5 Å². The van der Waals surface area contributed by atoms with Crippen molar-refractivity contribution in [3.05, 3.63) is 12.7 Å². The third-order valence-corrected chi connectivity index (χ3v) is 2.83. The zero-order chi connectivity index (χ0) is 13.3. The molecule has 0 bridgehead atoms. The van der Waals surface area contributed by atoms with Crippen molar-refractivity contribution in [3.63, 3.8) is 0 Å². The molecule has 1 aliphatic rings. The lowest BCUT2D eigenvalue weighted by Gasteiger charge is -2.29. The van der Waals surface area contributed by atoms with E-state index < -0.39 is 17.4 Å². The topological polar surface area (TPSA) is 63.6 Å². The SMILES string of the molecule is C=CC(=O)OC1CC1(CC(=O)O)C[N+](C)(C)C. The molecule has 1 fully saturated rings. The lowest BCUT2D eigenvalue weighted by Crippen LogP contribution is -2.42. The molecule has 17 heavy (non-hydrogen) atoms. The molecular weight excluding hydrogens is 222 g/mol. The van der Waals surface area contributed by atoms with Gasteiger partial charge >= 0.3 is 11.9 Å². The first-order valence-corrected chi connectivity index (χ1v) is 5.54. The van der Waals surface area contributed by atoms with Crippen molar-refractivity contribution in [2.24, 2.45) is 5.41 Å². The minimum atomic E-state index is -0.851. The smallest absolute Gasteiger partial charge is 0.330 e. The van der Waals surface area contributed by atoms with Gasteiger partial charge in [0.05, 0.1) is 39.5 Å². The molecule has 1 rings (SSSR count). The van der Waals surface area contributed by atoms with Gasteiger partial charge in [-0.3, -0.25) is 4.79 Å². The number of carbonyl (C=O) groups is 2. The molecule has 0 radical (unpaired) electrons.